The molecule has 42 heavy (non-hydrogen) atoms. The van der Waals surface area contributed by atoms with Gasteiger partial charge in [0.15, 0.2) is 11.3 Å². The van der Waals surface area contributed by atoms with E-state index in [-0.39, 0.29) is 60.3 Å². The molecular formula is C27H31F5N6O4. The number of H-pyrrole nitrogens is 1. The summed E-state index contributed by atoms with van der Waals surface area (Å²) in [5, 5.41) is 12.7. The standard InChI is InChI=1S/C27H31F5N6O4/c1-13-21(38-42-37-13)24(40)35-19(11-41-26(2,12-28)25(29)30)23-33-17-6-5-16(8-18(17)34-23)22(15-3-4-15)36-20(39)7-14-9-27(31,32)10-14/h5-6,8,14-15,19,22,25H,3-4,7,9-12H2,1-2H3,(H,33,34)(H,35,40)(H,36,39)/t19-,22+,26?/m0/s1. The predicted octanol–water partition coefficient (Wildman–Crippen LogP) is 4.74. The number of nitrogens with one attached hydrogen (secondary N) is 3. The van der Waals surface area contributed by atoms with Gasteiger partial charge in [0.25, 0.3) is 12.3 Å². The highest BCUT2D eigenvalue weighted by Crippen LogP contribution is 2.45. The summed E-state index contributed by atoms with van der Waals surface area (Å²) in [6, 6.07) is 3.83. The summed E-state index contributed by atoms with van der Waals surface area (Å²) in [5.41, 5.74) is -0.556. The van der Waals surface area contributed by atoms with Gasteiger partial charge in [0.2, 0.25) is 11.8 Å². The van der Waals surface area contributed by atoms with Crippen LogP contribution in [0.25, 0.3) is 11.0 Å². The number of benzene rings is 1. The van der Waals surface area contributed by atoms with Crippen LogP contribution in [0.3, 0.4) is 0 Å². The first kappa shape index (κ1) is 29.9. The molecule has 2 saturated carbocycles. The number of aryl methyl sites for hydroxylation is 1. The van der Waals surface area contributed by atoms with Gasteiger partial charge >= 0.3 is 0 Å². The number of amides is 2. The van der Waals surface area contributed by atoms with Crippen molar-refractivity contribution in [2.24, 2.45) is 11.8 Å². The summed E-state index contributed by atoms with van der Waals surface area (Å²) in [5.74, 6) is -3.70. The maximum atomic E-state index is 13.5. The van der Waals surface area contributed by atoms with E-state index in [0.717, 1.165) is 25.3 Å². The van der Waals surface area contributed by atoms with Gasteiger partial charge in [-0.3, -0.25) is 9.59 Å². The molecule has 3 aromatic rings. The number of aromatic nitrogens is 4. The monoisotopic (exact) mass is 598 g/mol. The Labute approximate surface area is 237 Å². The third-order valence-corrected chi connectivity index (χ3v) is 7.75. The zero-order valence-electron chi connectivity index (χ0n) is 22.9. The number of carbonyl (C=O) groups is 2. The van der Waals surface area contributed by atoms with Crippen LogP contribution < -0.4 is 10.6 Å². The molecule has 0 spiro atoms. The molecule has 228 valence electrons. The fraction of sp³-hybridized carbons (Fsp3) is 0.593. The van der Waals surface area contributed by atoms with Crippen molar-refractivity contribution < 1.29 is 40.9 Å². The molecule has 2 amide bonds. The number of hydrogen-bond donors (Lipinski definition) is 3. The lowest BCUT2D eigenvalue weighted by Gasteiger charge is -2.34. The van der Waals surface area contributed by atoms with Gasteiger partial charge in [0.1, 0.15) is 24.2 Å². The highest BCUT2D eigenvalue weighted by molar-refractivity contribution is 5.93. The molecule has 5 rings (SSSR count). The lowest BCUT2D eigenvalue weighted by atomic mass is 9.79. The fourth-order valence-electron chi connectivity index (χ4n) is 5.02. The van der Waals surface area contributed by atoms with E-state index in [2.05, 4.69) is 35.5 Å². The number of imidazole rings is 1. The molecule has 0 bridgehead atoms. The number of aromatic amines is 1. The lowest BCUT2D eigenvalue weighted by Crippen LogP contribution is -2.43. The van der Waals surface area contributed by atoms with Crippen LogP contribution in [0, 0.1) is 18.8 Å². The van der Waals surface area contributed by atoms with Gasteiger partial charge in [0.05, 0.1) is 23.7 Å². The van der Waals surface area contributed by atoms with Crippen LogP contribution in [0.15, 0.2) is 22.8 Å². The summed E-state index contributed by atoms with van der Waals surface area (Å²) in [6.07, 6.45) is -1.86. The highest BCUT2D eigenvalue weighted by atomic mass is 19.3. The number of alkyl halides is 5. The van der Waals surface area contributed by atoms with Crippen molar-refractivity contribution in [2.75, 3.05) is 13.3 Å². The van der Waals surface area contributed by atoms with Crippen molar-refractivity contribution in [1.29, 1.82) is 0 Å². The number of nitrogens with zero attached hydrogens (tertiary/aromatic N) is 3. The van der Waals surface area contributed by atoms with Gasteiger partial charge in [-0.05, 0) is 61.4 Å². The summed E-state index contributed by atoms with van der Waals surface area (Å²) >= 11 is 0. The number of fused-ring (bicyclic) bond motifs is 1. The minimum absolute atomic E-state index is 0.0353. The van der Waals surface area contributed by atoms with Crippen molar-refractivity contribution in [3.8, 4) is 0 Å². The average Bonchev–Trinajstić information content (AvgIpc) is 3.53. The van der Waals surface area contributed by atoms with Gasteiger partial charge in [-0.1, -0.05) is 11.2 Å². The summed E-state index contributed by atoms with van der Waals surface area (Å²) in [4.78, 5) is 33.1. The van der Waals surface area contributed by atoms with E-state index in [1.165, 1.54) is 6.92 Å². The average molecular weight is 599 g/mol. The van der Waals surface area contributed by atoms with Crippen molar-refractivity contribution in [3.05, 3.63) is 41.0 Å². The maximum Gasteiger partial charge on any atom is 0.276 e. The summed E-state index contributed by atoms with van der Waals surface area (Å²) < 4.78 is 76.6. The third kappa shape index (κ3) is 6.55. The normalized spacial score (nSPS) is 19.7. The van der Waals surface area contributed by atoms with Crippen LogP contribution >= 0.6 is 0 Å². The molecule has 0 aliphatic heterocycles. The van der Waals surface area contributed by atoms with Crippen molar-refractivity contribution in [3.63, 3.8) is 0 Å². The van der Waals surface area contributed by atoms with Gasteiger partial charge in [-0.15, -0.1) is 0 Å². The van der Waals surface area contributed by atoms with Crippen molar-refractivity contribution in [1.82, 2.24) is 30.9 Å². The fourth-order valence-corrected chi connectivity index (χ4v) is 5.02. The Kier molecular flexibility index (Phi) is 8.23. The first-order valence-electron chi connectivity index (χ1n) is 13.6. The Bertz CT molecular complexity index is 1440. The second-order valence-electron chi connectivity index (χ2n) is 11.4. The van der Waals surface area contributed by atoms with Crippen molar-refractivity contribution in [2.45, 2.75) is 76.0 Å². The molecular weight excluding hydrogens is 567 g/mol. The summed E-state index contributed by atoms with van der Waals surface area (Å²) in [7, 11) is 0. The number of halogens is 5. The smallest absolute Gasteiger partial charge is 0.276 e. The predicted molar refractivity (Wildman–Crippen MR) is 138 cm³/mol. The first-order chi connectivity index (χ1) is 19.9. The van der Waals surface area contributed by atoms with E-state index in [0.29, 0.717) is 11.0 Å². The van der Waals surface area contributed by atoms with E-state index in [1.807, 2.05) is 0 Å². The molecule has 3 atom stereocenters. The molecule has 2 fully saturated rings. The highest BCUT2D eigenvalue weighted by Gasteiger charge is 2.46. The Morgan fingerprint density at radius 2 is 1.95 bits per heavy atom. The molecule has 2 aliphatic rings. The van der Waals surface area contributed by atoms with Crippen LogP contribution in [0.1, 0.15) is 78.7 Å². The van der Waals surface area contributed by atoms with Crippen LogP contribution in [0.4, 0.5) is 22.0 Å². The number of hydrogen-bond acceptors (Lipinski definition) is 7. The lowest BCUT2D eigenvalue weighted by molar-refractivity contribution is -0.143. The SMILES string of the molecule is Cc1nonc1C(=O)N[C@@H](COC(C)(CF)C(F)F)c1nc2ccc([C@H](NC(=O)CC3CC(F)(F)C3)C3CC3)cc2[nH]1. The van der Waals surface area contributed by atoms with E-state index < -0.39 is 43.2 Å². The molecule has 15 heteroatoms. The van der Waals surface area contributed by atoms with Gasteiger partial charge in [0, 0.05) is 19.3 Å². The zero-order chi connectivity index (χ0) is 30.2. The molecule has 2 aromatic heterocycles. The summed E-state index contributed by atoms with van der Waals surface area (Å²) in [6.45, 7) is 0.413. The third-order valence-electron chi connectivity index (χ3n) is 7.75. The molecule has 1 unspecified atom stereocenters. The van der Waals surface area contributed by atoms with Crippen LogP contribution in [-0.2, 0) is 9.53 Å². The molecule has 3 N–H and O–H groups in total. The van der Waals surface area contributed by atoms with Crippen molar-refractivity contribution >= 4 is 22.8 Å². The minimum Gasteiger partial charge on any atom is -0.364 e. The Hall–Kier alpha value is -3.62. The van der Waals surface area contributed by atoms with Gasteiger partial charge < -0.3 is 20.4 Å². The Morgan fingerprint density at radius 1 is 1.21 bits per heavy atom. The Morgan fingerprint density at radius 3 is 2.55 bits per heavy atom. The minimum atomic E-state index is -3.13. The van der Waals surface area contributed by atoms with Crippen LogP contribution in [0.2, 0.25) is 0 Å². The van der Waals surface area contributed by atoms with E-state index in [1.54, 1.807) is 18.2 Å². The van der Waals surface area contributed by atoms with Gasteiger partial charge in [-0.2, -0.15) is 0 Å². The van der Waals surface area contributed by atoms with Crippen LogP contribution in [-0.4, -0.2) is 63.3 Å². The molecule has 0 radical (unpaired) electrons. The molecule has 1 aromatic carbocycles. The number of rotatable bonds is 13. The molecule has 10 nitrogen and oxygen atoms in total. The van der Waals surface area contributed by atoms with Crippen LogP contribution in [0.5, 0.6) is 0 Å². The molecule has 2 aliphatic carbocycles. The topological polar surface area (TPSA) is 135 Å². The van der Waals surface area contributed by atoms with Gasteiger partial charge in [-0.25, -0.2) is 31.6 Å². The Balaban J connectivity index is 1.36. The maximum absolute atomic E-state index is 13.5. The number of carbonyl (C=O) groups excluding carboxylic acids is 2. The first-order valence-corrected chi connectivity index (χ1v) is 13.6. The largest absolute Gasteiger partial charge is 0.364 e. The van der Waals surface area contributed by atoms with E-state index in [4.69, 9.17) is 4.74 Å². The second kappa shape index (κ2) is 11.6. The number of ether oxygens (including phenoxy) is 1. The molecule has 2 heterocycles. The molecule has 0 saturated heterocycles. The van der Waals surface area contributed by atoms with E-state index >= 15 is 0 Å². The second-order valence-corrected chi connectivity index (χ2v) is 11.4. The van der Waals surface area contributed by atoms with E-state index in [9.17, 15) is 31.5 Å². The quantitative estimate of drug-likeness (QED) is 0.242. The zero-order valence-corrected chi connectivity index (χ0v) is 22.9.